The van der Waals surface area contributed by atoms with Gasteiger partial charge in [0.1, 0.15) is 17.9 Å². The second-order valence-corrected chi connectivity index (χ2v) is 4.72. The largest absolute Gasteiger partial charge is 0.272 e. The van der Waals surface area contributed by atoms with E-state index in [0.29, 0.717) is 11.0 Å². The van der Waals surface area contributed by atoms with Gasteiger partial charge in [-0.05, 0) is 24.3 Å². The van der Waals surface area contributed by atoms with Gasteiger partial charge in [-0.2, -0.15) is 0 Å². The lowest BCUT2D eigenvalue weighted by Gasteiger charge is -2.08. The summed E-state index contributed by atoms with van der Waals surface area (Å²) < 4.78 is 14.9. The van der Waals surface area contributed by atoms with Gasteiger partial charge in [-0.3, -0.25) is 20.4 Å². The molecule has 0 radical (unpaired) electrons. The highest BCUT2D eigenvalue weighted by atomic mass is 19.1. The Morgan fingerprint density at radius 1 is 1.04 bits per heavy atom. The molecule has 0 aliphatic carbocycles. The van der Waals surface area contributed by atoms with Gasteiger partial charge in [-0.25, -0.2) is 9.07 Å². The van der Waals surface area contributed by atoms with E-state index in [0.717, 1.165) is 6.07 Å². The standard InChI is InChI=1S/C15H12FN5O2/c16-11-6-2-1-5-10(11)15(23)19-18-14(22)9-21-13-8-4-3-7-12(13)17-20-21/h1-8H,9H2,(H,18,22)(H,19,23). The van der Waals surface area contributed by atoms with Crippen LogP contribution in [0.2, 0.25) is 0 Å². The quantitative estimate of drug-likeness (QED) is 0.707. The fourth-order valence-electron chi connectivity index (χ4n) is 2.05. The van der Waals surface area contributed by atoms with Gasteiger partial charge in [0.05, 0.1) is 11.1 Å². The summed E-state index contributed by atoms with van der Waals surface area (Å²) in [6, 6.07) is 12.7. The van der Waals surface area contributed by atoms with Crippen LogP contribution in [0.3, 0.4) is 0 Å². The molecule has 1 aromatic heterocycles. The van der Waals surface area contributed by atoms with E-state index in [2.05, 4.69) is 21.2 Å². The normalized spacial score (nSPS) is 10.5. The average Bonchev–Trinajstić information content (AvgIpc) is 2.96. The molecular formula is C15H12FN5O2. The van der Waals surface area contributed by atoms with Gasteiger partial charge < -0.3 is 0 Å². The Bertz CT molecular complexity index is 877. The monoisotopic (exact) mass is 313 g/mol. The number of halogens is 1. The van der Waals surface area contributed by atoms with E-state index < -0.39 is 17.6 Å². The minimum absolute atomic E-state index is 0.127. The van der Waals surface area contributed by atoms with Gasteiger partial charge in [0.15, 0.2) is 0 Å². The maximum absolute atomic E-state index is 13.4. The topological polar surface area (TPSA) is 88.9 Å². The van der Waals surface area contributed by atoms with E-state index in [9.17, 15) is 14.0 Å². The fraction of sp³-hybridized carbons (Fsp3) is 0.0667. The van der Waals surface area contributed by atoms with Crippen molar-refractivity contribution in [1.29, 1.82) is 0 Å². The molecule has 3 aromatic rings. The van der Waals surface area contributed by atoms with Gasteiger partial charge in [0, 0.05) is 0 Å². The predicted molar refractivity (Wildman–Crippen MR) is 79.5 cm³/mol. The van der Waals surface area contributed by atoms with Crippen LogP contribution in [0.15, 0.2) is 48.5 Å². The molecule has 0 saturated heterocycles. The van der Waals surface area contributed by atoms with Gasteiger partial charge in [0.2, 0.25) is 0 Å². The zero-order valence-corrected chi connectivity index (χ0v) is 11.9. The van der Waals surface area contributed by atoms with Crippen LogP contribution in [0.1, 0.15) is 10.4 Å². The Morgan fingerprint density at radius 3 is 2.61 bits per heavy atom. The zero-order valence-electron chi connectivity index (χ0n) is 11.9. The van der Waals surface area contributed by atoms with Crippen LogP contribution in [0.5, 0.6) is 0 Å². The Labute approximate surface area is 130 Å². The second kappa shape index (κ2) is 6.22. The lowest BCUT2D eigenvalue weighted by Crippen LogP contribution is -2.43. The lowest BCUT2D eigenvalue weighted by atomic mass is 10.2. The summed E-state index contributed by atoms with van der Waals surface area (Å²) in [5, 5.41) is 7.79. The Balaban J connectivity index is 1.62. The molecule has 3 rings (SSSR count). The van der Waals surface area contributed by atoms with Crippen LogP contribution < -0.4 is 10.9 Å². The molecule has 2 N–H and O–H groups in total. The maximum Gasteiger partial charge on any atom is 0.272 e. The number of hydrogen-bond acceptors (Lipinski definition) is 4. The molecular weight excluding hydrogens is 301 g/mol. The second-order valence-electron chi connectivity index (χ2n) is 4.72. The molecule has 0 atom stereocenters. The van der Waals surface area contributed by atoms with E-state index in [4.69, 9.17) is 0 Å². The van der Waals surface area contributed by atoms with Crippen LogP contribution >= 0.6 is 0 Å². The third kappa shape index (κ3) is 3.15. The predicted octanol–water partition coefficient (Wildman–Crippen LogP) is 1.03. The molecule has 23 heavy (non-hydrogen) atoms. The summed E-state index contributed by atoms with van der Waals surface area (Å²) in [6.07, 6.45) is 0. The van der Waals surface area contributed by atoms with E-state index in [-0.39, 0.29) is 12.1 Å². The molecule has 7 nitrogen and oxygen atoms in total. The van der Waals surface area contributed by atoms with Crippen LogP contribution in [0.25, 0.3) is 11.0 Å². The minimum Gasteiger partial charge on any atom is -0.271 e. The summed E-state index contributed by atoms with van der Waals surface area (Å²) in [6.45, 7) is -0.127. The number of aromatic nitrogens is 3. The molecule has 8 heteroatoms. The number of fused-ring (bicyclic) bond motifs is 1. The smallest absolute Gasteiger partial charge is 0.271 e. The van der Waals surface area contributed by atoms with Crippen molar-refractivity contribution < 1.29 is 14.0 Å². The van der Waals surface area contributed by atoms with E-state index in [1.54, 1.807) is 18.2 Å². The first-order chi connectivity index (χ1) is 11.1. The number of nitrogens with one attached hydrogen (secondary N) is 2. The first-order valence-electron chi connectivity index (χ1n) is 6.77. The van der Waals surface area contributed by atoms with Crippen LogP contribution in [0.4, 0.5) is 4.39 Å². The number of para-hydroxylation sites is 1. The molecule has 0 aliphatic rings. The molecule has 1 heterocycles. The number of benzene rings is 2. The van der Waals surface area contributed by atoms with Crippen molar-refractivity contribution >= 4 is 22.8 Å². The number of amides is 2. The first-order valence-corrected chi connectivity index (χ1v) is 6.77. The van der Waals surface area contributed by atoms with E-state index in [1.807, 2.05) is 6.07 Å². The molecule has 2 amide bonds. The van der Waals surface area contributed by atoms with Crippen LogP contribution in [-0.2, 0) is 11.3 Å². The molecule has 0 fully saturated rings. The van der Waals surface area contributed by atoms with Gasteiger partial charge in [0.25, 0.3) is 11.8 Å². The molecule has 0 unspecified atom stereocenters. The van der Waals surface area contributed by atoms with Gasteiger partial charge in [-0.1, -0.05) is 29.5 Å². The summed E-state index contributed by atoms with van der Waals surface area (Å²) in [7, 11) is 0. The number of rotatable bonds is 3. The maximum atomic E-state index is 13.4. The Hall–Kier alpha value is -3.29. The van der Waals surface area contributed by atoms with Gasteiger partial charge >= 0.3 is 0 Å². The first kappa shape index (κ1) is 14.6. The molecule has 0 bridgehead atoms. The molecule has 0 aliphatic heterocycles. The van der Waals surface area contributed by atoms with Crippen LogP contribution in [-0.4, -0.2) is 26.8 Å². The SMILES string of the molecule is O=C(Cn1nnc2ccccc21)NNC(=O)c1ccccc1F. The van der Waals surface area contributed by atoms with Crippen molar-refractivity contribution in [2.75, 3.05) is 0 Å². The highest BCUT2D eigenvalue weighted by Crippen LogP contribution is 2.09. The van der Waals surface area contributed by atoms with Crippen molar-refractivity contribution in [1.82, 2.24) is 25.8 Å². The molecule has 0 saturated carbocycles. The third-order valence-electron chi connectivity index (χ3n) is 3.15. The number of hydrazine groups is 1. The van der Waals surface area contributed by atoms with E-state index >= 15 is 0 Å². The van der Waals surface area contributed by atoms with Crippen molar-refractivity contribution in [3.63, 3.8) is 0 Å². The molecule has 2 aromatic carbocycles. The zero-order chi connectivity index (χ0) is 16.2. The minimum atomic E-state index is -0.736. The molecule has 0 spiro atoms. The number of carbonyl (C=O) groups is 2. The number of hydrogen-bond donors (Lipinski definition) is 2. The number of carbonyl (C=O) groups excluding carboxylic acids is 2. The van der Waals surface area contributed by atoms with Gasteiger partial charge in [-0.15, -0.1) is 5.10 Å². The Morgan fingerprint density at radius 2 is 1.78 bits per heavy atom. The third-order valence-corrected chi connectivity index (χ3v) is 3.15. The highest BCUT2D eigenvalue weighted by Gasteiger charge is 2.13. The van der Waals surface area contributed by atoms with E-state index in [1.165, 1.54) is 22.9 Å². The highest BCUT2D eigenvalue weighted by molar-refractivity contribution is 5.95. The summed E-state index contributed by atoms with van der Waals surface area (Å²) >= 11 is 0. The van der Waals surface area contributed by atoms with Crippen molar-refractivity contribution in [2.24, 2.45) is 0 Å². The average molecular weight is 313 g/mol. The van der Waals surface area contributed by atoms with Crippen molar-refractivity contribution in [3.8, 4) is 0 Å². The van der Waals surface area contributed by atoms with Crippen molar-refractivity contribution in [2.45, 2.75) is 6.54 Å². The lowest BCUT2D eigenvalue weighted by molar-refractivity contribution is -0.122. The summed E-state index contributed by atoms with van der Waals surface area (Å²) in [4.78, 5) is 23.7. The summed E-state index contributed by atoms with van der Waals surface area (Å²) in [5.41, 5.74) is 5.58. The Kier molecular flexibility index (Phi) is 3.96. The number of nitrogens with zero attached hydrogens (tertiary/aromatic N) is 3. The van der Waals surface area contributed by atoms with Crippen LogP contribution in [0, 0.1) is 5.82 Å². The van der Waals surface area contributed by atoms with Crippen molar-refractivity contribution in [3.05, 3.63) is 59.9 Å². The fourth-order valence-corrected chi connectivity index (χ4v) is 2.05. The molecule has 116 valence electrons. The summed E-state index contributed by atoms with van der Waals surface area (Å²) in [5.74, 6) is -1.91.